The highest BCUT2D eigenvalue weighted by Gasteiger charge is 2.09. The number of methoxy groups -OCH3 is 1. The molecule has 21 heavy (non-hydrogen) atoms. The molecule has 2 rings (SSSR count). The Morgan fingerprint density at radius 1 is 1.19 bits per heavy atom. The van der Waals surface area contributed by atoms with Gasteiger partial charge in [-0.05, 0) is 42.3 Å². The van der Waals surface area contributed by atoms with Gasteiger partial charge in [-0.15, -0.1) is 0 Å². The molecule has 0 saturated carbocycles. The number of nitrogens with two attached hydrogens (primary N) is 1. The van der Waals surface area contributed by atoms with Gasteiger partial charge in [0.2, 0.25) is 0 Å². The number of anilines is 2. The molecule has 0 radical (unpaired) electrons. The molecule has 0 aliphatic rings. The van der Waals surface area contributed by atoms with E-state index in [1.807, 2.05) is 24.3 Å². The molecule has 0 saturated heterocycles. The van der Waals surface area contributed by atoms with Crippen molar-refractivity contribution >= 4 is 17.3 Å². The molecule has 0 heterocycles. The molecule has 0 unspecified atom stereocenters. The van der Waals surface area contributed by atoms with Crippen LogP contribution in [-0.4, -0.2) is 13.0 Å². The average Bonchev–Trinajstić information content (AvgIpc) is 2.49. The Morgan fingerprint density at radius 2 is 1.90 bits per heavy atom. The van der Waals surface area contributed by atoms with E-state index >= 15 is 0 Å². The molecule has 2 aromatic carbocycles. The Balaban J connectivity index is 2.08. The maximum absolute atomic E-state index is 12.2. The van der Waals surface area contributed by atoms with Crippen LogP contribution < -0.4 is 15.8 Å². The molecule has 4 nitrogen and oxygen atoms in total. The van der Waals surface area contributed by atoms with Crippen molar-refractivity contribution in [3.63, 3.8) is 0 Å². The lowest BCUT2D eigenvalue weighted by molar-refractivity contribution is 0.102. The van der Waals surface area contributed by atoms with Crippen LogP contribution in [0.4, 0.5) is 11.4 Å². The number of amides is 1. The molecule has 0 aliphatic carbocycles. The van der Waals surface area contributed by atoms with E-state index in [9.17, 15) is 4.79 Å². The Morgan fingerprint density at radius 3 is 2.48 bits per heavy atom. The second-order valence-electron chi connectivity index (χ2n) is 4.86. The Labute approximate surface area is 124 Å². The number of hydrogen-bond acceptors (Lipinski definition) is 3. The lowest BCUT2D eigenvalue weighted by atomic mass is 10.1. The Kier molecular flexibility index (Phi) is 4.82. The highest BCUT2D eigenvalue weighted by Crippen LogP contribution is 2.22. The number of ether oxygens (including phenoxy) is 1. The van der Waals surface area contributed by atoms with Crippen molar-refractivity contribution in [3.05, 3.63) is 53.6 Å². The first-order valence-electron chi connectivity index (χ1n) is 6.98. The van der Waals surface area contributed by atoms with Crippen molar-refractivity contribution in [1.82, 2.24) is 0 Å². The minimum absolute atomic E-state index is 0.187. The monoisotopic (exact) mass is 284 g/mol. The summed E-state index contributed by atoms with van der Waals surface area (Å²) in [7, 11) is 1.54. The van der Waals surface area contributed by atoms with Gasteiger partial charge in [0, 0.05) is 11.3 Å². The fraction of sp³-hybridized carbons (Fsp3) is 0.235. The van der Waals surface area contributed by atoms with Gasteiger partial charge in [-0.1, -0.05) is 25.5 Å². The molecule has 0 aliphatic heterocycles. The van der Waals surface area contributed by atoms with Crippen LogP contribution in [0.1, 0.15) is 29.3 Å². The van der Waals surface area contributed by atoms with Crippen molar-refractivity contribution in [3.8, 4) is 5.75 Å². The fourth-order valence-corrected chi connectivity index (χ4v) is 2.12. The number of carbonyl (C=O) groups excluding carboxylic acids is 1. The first kappa shape index (κ1) is 14.9. The number of nitrogens with one attached hydrogen (secondary N) is 1. The van der Waals surface area contributed by atoms with Crippen LogP contribution in [0.3, 0.4) is 0 Å². The number of carbonyl (C=O) groups is 1. The van der Waals surface area contributed by atoms with Crippen molar-refractivity contribution < 1.29 is 9.53 Å². The van der Waals surface area contributed by atoms with Crippen molar-refractivity contribution in [2.75, 3.05) is 18.2 Å². The smallest absolute Gasteiger partial charge is 0.255 e. The van der Waals surface area contributed by atoms with Crippen molar-refractivity contribution in [2.24, 2.45) is 0 Å². The van der Waals surface area contributed by atoms with E-state index in [1.165, 1.54) is 5.56 Å². The zero-order valence-electron chi connectivity index (χ0n) is 12.3. The van der Waals surface area contributed by atoms with Gasteiger partial charge in [0.1, 0.15) is 5.75 Å². The van der Waals surface area contributed by atoms with Crippen LogP contribution in [0.2, 0.25) is 0 Å². The molecule has 1 amide bonds. The SMILES string of the molecule is CCCc1ccc(NC(=O)c2ccc(OC)c(N)c2)cc1. The topological polar surface area (TPSA) is 64.3 Å². The molecule has 0 fully saturated rings. The van der Waals surface area contributed by atoms with E-state index < -0.39 is 0 Å². The van der Waals surface area contributed by atoms with Crippen molar-refractivity contribution in [1.29, 1.82) is 0 Å². The summed E-state index contributed by atoms with van der Waals surface area (Å²) in [4.78, 5) is 12.2. The van der Waals surface area contributed by atoms with Gasteiger partial charge in [-0.25, -0.2) is 0 Å². The molecule has 0 aromatic heterocycles. The van der Waals surface area contributed by atoms with E-state index in [2.05, 4.69) is 12.2 Å². The van der Waals surface area contributed by atoms with Gasteiger partial charge in [0.15, 0.2) is 0 Å². The van der Waals surface area contributed by atoms with Gasteiger partial charge < -0.3 is 15.8 Å². The van der Waals surface area contributed by atoms with E-state index in [0.29, 0.717) is 17.0 Å². The normalized spacial score (nSPS) is 10.2. The van der Waals surface area contributed by atoms with Gasteiger partial charge in [0.25, 0.3) is 5.91 Å². The summed E-state index contributed by atoms with van der Waals surface area (Å²) in [6, 6.07) is 12.9. The molecule has 0 spiro atoms. The summed E-state index contributed by atoms with van der Waals surface area (Å²) >= 11 is 0. The van der Waals surface area contributed by atoms with Crippen LogP contribution in [0.5, 0.6) is 5.75 Å². The molecule has 2 aromatic rings. The lowest BCUT2D eigenvalue weighted by Crippen LogP contribution is -2.12. The van der Waals surface area contributed by atoms with E-state index in [4.69, 9.17) is 10.5 Å². The average molecular weight is 284 g/mol. The predicted octanol–water partition coefficient (Wildman–Crippen LogP) is 3.48. The molecule has 110 valence electrons. The van der Waals surface area contributed by atoms with Gasteiger partial charge >= 0.3 is 0 Å². The Hall–Kier alpha value is -2.49. The molecule has 0 bridgehead atoms. The van der Waals surface area contributed by atoms with Crippen LogP contribution in [0.25, 0.3) is 0 Å². The molecule has 0 atom stereocenters. The molecule has 4 heteroatoms. The van der Waals surface area contributed by atoms with Crippen LogP contribution in [0, 0.1) is 0 Å². The van der Waals surface area contributed by atoms with Gasteiger partial charge in [0.05, 0.1) is 12.8 Å². The number of aryl methyl sites for hydroxylation is 1. The first-order valence-corrected chi connectivity index (χ1v) is 6.98. The molecular formula is C17H20N2O2. The minimum Gasteiger partial charge on any atom is -0.495 e. The van der Waals surface area contributed by atoms with Gasteiger partial charge in [-0.3, -0.25) is 4.79 Å². The van der Waals surface area contributed by atoms with Crippen LogP contribution in [-0.2, 0) is 6.42 Å². The predicted molar refractivity (Wildman–Crippen MR) is 85.8 cm³/mol. The van der Waals surface area contributed by atoms with Crippen molar-refractivity contribution in [2.45, 2.75) is 19.8 Å². The zero-order valence-corrected chi connectivity index (χ0v) is 12.3. The lowest BCUT2D eigenvalue weighted by Gasteiger charge is -2.09. The van der Waals surface area contributed by atoms with Crippen LogP contribution >= 0.6 is 0 Å². The third-order valence-electron chi connectivity index (χ3n) is 3.24. The molecule has 3 N–H and O–H groups in total. The fourth-order valence-electron chi connectivity index (χ4n) is 2.12. The highest BCUT2D eigenvalue weighted by molar-refractivity contribution is 6.05. The largest absolute Gasteiger partial charge is 0.495 e. The second-order valence-corrected chi connectivity index (χ2v) is 4.86. The van der Waals surface area contributed by atoms with E-state index in [0.717, 1.165) is 18.5 Å². The van der Waals surface area contributed by atoms with E-state index in [-0.39, 0.29) is 5.91 Å². The Bertz CT molecular complexity index is 621. The summed E-state index contributed by atoms with van der Waals surface area (Å²) in [5.74, 6) is 0.378. The van der Waals surface area contributed by atoms with E-state index in [1.54, 1.807) is 25.3 Å². The zero-order chi connectivity index (χ0) is 15.2. The second kappa shape index (κ2) is 6.79. The summed E-state index contributed by atoms with van der Waals surface area (Å²) in [6.45, 7) is 2.14. The highest BCUT2D eigenvalue weighted by atomic mass is 16.5. The number of nitrogen functional groups attached to an aromatic ring is 1. The summed E-state index contributed by atoms with van der Waals surface area (Å²) in [5.41, 5.74) is 8.80. The van der Waals surface area contributed by atoms with Crippen LogP contribution in [0.15, 0.2) is 42.5 Å². The summed E-state index contributed by atoms with van der Waals surface area (Å²) in [6.07, 6.45) is 2.15. The summed E-state index contributed by atoms with van der Waals surface area (Å²) < 4.78 is 5.08. The number of benzene rings is 2. The first-order chi connectivity index (χ1) is 10.1. The maximum Gasteiger partial charge on any atom is 0.255 e. The summed E-state index contributed by atoms with van der Waals surface area (Å²) in [5, 5.41) is 2.86. The standard InChI is InChI=1S/C17H20N2O2/c1-3-4-12-5-8-14(9-6-12)19-17(20)13-7-10-16(21-2)15(18)11-13/h5-11H,3-4,18H2,1-2H3,(H,19,20). The number of hydrogen-bond donors (Lipinski definition) is 2. The van der Waals surface area contributed by atoms with Gasteiger partial charge in [-0.2, -0.15) is 0 Å². The quantitative estimate of drug-likeness (QED) is 0.826. The minimum atomic E-state index is -0.187. The third kappa shape index (κ3) is 3.75. The maximum atomic E-state index is 12.2. The number of rotatable bonds is 5. The third-order valence-corrected chi connectivity index (χ3v) is 3.24. The molecular weight excluding hydrogens is 264 g/mol.